The number of thiazole rings is 1. The number of aryl methyl sites for hydroxylation is 2. The number of nitrogens with zero attached hydrogens (tertiary/aromatic N) is 2. The number of amides is 1. The van der Waals surface area contributed by atoms with Crippen molar-refractivity contribution in [3.63, 3.8) is 0 Å². The van der Waals surface area contributed by atoms with E-state index in [1.165, 1.54) is 18.4 Å². The second-order valence-electron chi connectivity index (χ2n) is 7.86. The lowest BCUT2D eigenvalue weighted by molar-refractivity contribution is -0.134. The second-order valence-corrected chi connectivity index (χ2v) is 8.92. The largest absolute Gasteiger partial charge is 0.484 e. The fourth-order valence-corrected chi connectivity index (χ4v) is 5.09. The van der Waals surface area contributed by atoms with E-state index in [0.717, 1.165) is 44.8 Å². The summed E-state index contributed by atoms with van der Waals surface area (Å²) in [4.78, 5) is 19.1. The molecule has 5 nitrogen and oxygen atoms in total. The lowest BCUT2D eigenvalue weighted by Gasteiger charge is -2.23. The zero-order chi connectivity index (χ0) is 20.7. The van der Waals surface area contributed by atoms with Gasteiger partial charge in [-0.25, -0.2) is 4.98 Å². The van der Waals surface area contributed by atoms with E-state index in [0.29, 0.717) is 5.75 Å². The Kier molecular flexibility index (Phi) is 4.95. The van der Waals surface area contributed by atoms with Gasteiger partial charge in [-0.2, -0.15) is 0 Å². The highest BCUT2D eigenvalue weighted by Gasteiger charge is 2.22. The third-order valence-corrected chi connectivity index (χ3v) is 7.14. The lowest BCUT2D eigenvalue weighted by atomic mass is 9.96. The number of fused-ring (bicyclic) bond motifs is 4. The third-order valence-electron chi connectivity index (χ3n) is 5.93. The molecule has 2 aromatic carbocycles. The van der Waals surface area contributed by atoms with Crippen LogP contribution < -0.4 is 4.74 Å². The summed E-state index contributed by atoms with van der Waals surface area (Å²) in [5.74, 6) is 1.73. The molecule has 1 aliphatic carbocycles. The molecule has 30 heavy (non-hydrogen) atoms. The number of aromatic nitrogens is 1. The van der Waals surface area contributed by atoms with Gasteiger partial charge in [-0.15, -0.1) is 11.3 Å². The van der Waals surface area contributed by atoms with Crippen LogP contribution in [0, 0.1) is 0 Å². The molecule has 5 rings (SSSR count). The quantitative estimate of drug-likeness (QED) is 0.427. The van der Waals surface area contributed by atoms with Crippen molar-refractivity contribution < 1.29 is 13.9 Å². The number of carbonyl (C=O) groups excluding carboxylic acids is 1. The number of furan rings is 1. The molecule has 2 aromatic heterocycles. The highest BCUT2D eigenvalue weighted by atomic mass is 32.1. The van der Waals surface area contributed by atoms with Crippen molar-refractivity contribution in [2.45, 2.75) is 38.6 Å². The third kappa shape index (κ3) is 3.45. The molecule has 0 spiro atoms. The number of hydrogen-bond donors (Lipinski definition) is 0. The Bertz CT molecular complexity index is 1190. The van der Waals surface area contributed by atoms with Gasteiger partial charge in [0.2, 0.25) is 0 Å². The minimum absolute atomic E-state index is 0.00269. The van der Waals surface area contributed by atoms with Crippen molar-refractivity contribution in [3.8, 4) is 5.75 Å². The maximum Gasteiger partial charge on any atom is 0.260 e. The second kappa shape index (κ2) is 7.76. The van der Waals surface area contributed by atoms with Crippen LogP contribution in [0.25, 0.3) is 21.2 Å². The Morgan fingerprint density at radius 1 is 1.23 bits per heavy atom. The van der Waals surface area contributed by atoms with E-state index in [4.69, 9.17) is 9.15 Å². The van der Waals surface area contributed by atoms with Crippen molar-refractivity contribution >= 4 is 38.4 Å². The Hall–Kier alpha value is -2.86. The summed E-state index contributed by atoms with van der Waals surface area (Å²) in [6, 6.07) is 13.8. The minimum Gasteiger partial charge on any atom is -0.484 e. The van der Waals surface area contributed by atoms with Crippen LogP contribution in [-0.4, -0.2) is 29.4 Å². The van der Waals surface area contributed by atoms with E-state index >= 15 is 0 Å². The highest BCUT2D eigenvalue weighted by molar-refractivity contribution is 7.18. The molecule has 0 aliphatic heterocycles. The molecular weight excluding hydrogens is 396 g/mol. The van der Waals surface area contributed by atoms with E-state index in [-0.39, 0.29) is 18.6 Å². The molecule has 2 heterocycles. The van der Waals surface area contributed by atoms with E-state index in [1.807, 2.05) is 43.3 Å². The van der Waals surface area contributed by atoms with Gasteiger partial charge in [0.05, 0.1) is 16.3 Å². The molecule has 0 saturated carbocycles. The summed E-state index contributed by atoms with van der Waals surface area (Å²) >= 11 is 1.62. The SMILES string of the molecule is CC(c1nc2ccccc2s1)N(C)C(=O)COc1ccc2oc3c(c2c1)CCCC3. The predicted octanol–water partition coefficient (Wildman–Crippen LogP) is 5.52. The number of hydrogen-bond acceptors (Lipinski definition) is 5. The maximum absolute atomic E-state index is 12.8. The molecule has 154 valence electrons. The summed E-state index contributed by atoms with van der Waals surface area (Å²) in [5, 5.41) is 2.05. The molecule has 0 saturated heterocycles. The van der Waals surface area contributed by atoms with Gasteiger partial charge in [0.1, 0.15) is 22.1 Å². The first-order chi connectivity index (χ1) is 14.6. The van der Waals surface area contributed by atoms with Crippen LogP contribution in [0.4, 0.5) is 0 Å². The van der Waals surface area contributed by atoms with E-state index in [9.17, 15) is 4.79 Å². The molecular formula is C24H24N2O3S. The standard InChI is InChI=1S/C24H24N2O3S/c1-15(24-25-19-8-4-6-10-22(19)30-24)26(2)23(27)14-28-16-11-12-21-18(13-16)17-7-3-5-9-20(17)29-21/h4,6,8,10-13,15H,3,5,7,9,14H2,1-2H3. The number of benzene rings is 2. The molecule has 1 amide bonds. The molecule has 1 aliphatic rings. The zero-order valence-electron chi connectivity index (χ0n) is 17.2. The molecule has 0 bridgehead atoms. The van der Waals surface area contributed by atoms with Crippen LogP contribution in [0.2, 0.25) is 0 Å². The van der Waals surface area contributed by atoms with E-state index in [1.54, 1.807) is 23.3 Å². The summed E-state index contributed by atoms with van der Waals surface area (Å²) in [7, 11) is 1.80. The Morgan fingerprint density at radius 2 is 2.07 bits per heavy atom. The van der Waals surface area contributed by atoms with Gasteiger partial charge in [0, 0.05) is 24.4 Å². The van der Waals surface area contributed by atoms with Crippen molar-refractivity contribution in [3.05, 3.63) is 58.8 Å². The number of ether oxygens (including phenoxy) is 1. The Morgan fingerprint density at radius 3 is 2.93 bits per heavy atom. The smallest absolute Gasteiger partial charge is 0.260 e. The monoisotopic (exact) mass is 420 g/mol. The summed E-state index contributed by atoms with van der Waals surface area (Å²) in [6.45, 7) is 2.00. The minimum atomic E-state index is -0.109. The van der Waals surface area contributed by atoms with Crippen LogP contribution in [0.1, 0.15) is 42.1 Å². The van der Waals surface area contributed by atoms with E-state index < -0.39 is 0 Å². The first-order valence-electron chi connectivity index (χ1n) is 10.4. The lowest BCUT2D eigenvalue weighted by Crippen LogP contribution is -2.33. The van der Waals surface area contributed by atoms with Crippen LogP contribution in [-0.2, 0) is 17.6 Å². The first kappa shape index (κ1) is 19.1. The van der Waals surface area contributed by atoms with Gasteiger partial charge in [0.15, 0.2) is 6.61 Å². The molecule has 4 aromatic rings. The molecule has 0 fully saturated rings. The van der Waals surface area contributed by atoms with Crippen molar-refractivity contribution in [2.75, 3.05) is 13.7 Å². The fourth-order valence-electron chi connectivity index (χ4n) is 4.03. The van der Waals surface area contributed by atoms with Gasteiger partial charge in [-0.05, 0) is 56.5 Å². The van der Waals surface area contributed by atoms with Crippen molar-refractivity contribution in [1.29, 1.82) is 0 Å². The van der Waals surface area contributed by atoms with E-state index in [2.05, 4.69) is 11.1 Å². The summed E-state index contributed by atoms with van der Waals surface area (Å²) < 4.78 is 13.0. The molecule has 0 radical (unpaired) electrons. The average molecular weight is 421 g/mol. The number of rotatable bonds is 5. The number of carbonyl (C=O) groups is 1. The molecule has 6 heteroatoms. The Balaban J connectivity index is 1.28. The van der Waals surface area contributed by atoms with Gasteiger partial charge in [-0.3, -0.25) is 4.79 Å². The fraction of sp³-hybridized carbons (Fsp3) is 0.333. The number of para-hydroxylation sites is 1. The molecule has 0 N–H and O–H groups in total. The number of likely N-dealkylation sites (N-methyl/N-ethyl adjacent to an activating group) is 1. The predicted molar refractivity (Wildman–Crippen MR) is 119 cm³/mol. The molecule has 1 atom stereocenters. The van der Waals surface area contributed by atoms with Crippen molar-refractivity contribution in [2.24, 2.45) is 0 Å². The molecule has 1 unspecified atom stereocenters. The van der Waals surface area contributed by atoms with Gasteiger partial charge in [0.25, 0.3) is 5.91 Å². The van der Waals surface area contributed by atoms with Gasteiger partial charge >= 0.3 is 0 Å². The summed E-state index contributed by atoms with van der Waals surface area (Å²) in [6.07, 6.45) is 4.43. The Labute approximate surface area is 179 Å². The van der Waals surface area contributed by atoms with Gasteiger partial charge < -0.3 is 14.1 Å². The normalized spacial score (nSPS) is 14.6. The van der Waals surface area contributed by atoms with Crippen LogP contribution in [0.15, 0.2) is 46.9 Å². The zero-order valence-corrected chi connectivity index (χ0v) is 18.0. The first-order valence-corrected chi connectivity index (χ1v) is 11.2. The highest BCUT2D eigenvalue weighted by Crippen LogP contribution is 2.34. The maximum atomic E-state index is 12.8. The summed E-state index contributed by atoms with van der Waals surface area (Å²) in [5.41, 5.74) is 3.18. The average Bonchev–Trinajstić information content (AvgIpc) is 3.37. The topological polar surface area (TPSA) is 55.6 Å². The van der Waals surface area contributed by atoms with Crippen LogP contribution >= 0.6 is 11.3 Å². The van der Waals surface area contributed by atoms with Crippen LogP contribution in [0.5, 0.6) is 5.75 Å². The van der Waals surface area contributed by atoms with Crippen molar-refractivity contribution in [1.82, 2.24) is 9.88 Å². The van der Waals surface area contributed by atoms with Gasteiger partial charge in [-0.1, -0.05) is 12.1 Å². The van der Waals surface area contributed by atoms with Crippen LogP contribution in [0.3, 0.4) is 0 Å².